The second kappa shape index (κ2) is 6.85. The minimum atomic E-state index is -0.0349. The number of amides is 1. The van der Waals surface area contributed by atoms with Crippen molar-refractivity contribution >= 4 is 11.7 Å². The zero-order chi connectivity index (χ0) is 14.5. The van der Waals surface area contributed by atoms with Crippen molar-refractivity contribution in [1.82, 2.24) is 10.1 Å². The van der Waals surface area contributed by atoms with Crippen molar-refractivity contribution in [2.75, 3.05) is 25.0 Å². The van der Waals surface area contributed by atoms with Crippen LogP contribution in [-0.4, -0.2) is 41.6 Å². The molecule has 1 fully saturated rings. The monoisotopic (exact) mass is 280 g/mol. The fourth-order valence-corrected chi connectivity index (χ4v) is 2.87. The third kappa shape index (κ3) is 3.80. The van der Waals surface area contributed by atoms with Crippen LogP contribution in [0.3, 0.4) is 0 Å². The summed E-state index contributed by atoms with van der Waals surface area (Å²) < 4.78 is 4.92. The second-order valence-electron chi connectivity index (χ2n) is 5.58. The van der Waals surface area contributed by atoms with E-state index < -0.39 is 0 Å². The van der Waals surface area contributed by atoms with Gasteiger partial charge in [0.15, 0.2) is 5.82 Å². The molecule has 6 heteroatoms. The molecule has 1 aliphatic rings. The first-order chi connectivity index (χ1) is 9.60. The highest BCUT2D eigenvalue weighted by molar-refractivity contribution is 5.89. The molecule has 0 aromatic carbocycles. The summed E-state index contributed by atoms with van der Waals surface area (Å²) in [6, 6.07) is 2.11. The summed E-state index contributed by atoms with van der Waals surface area (Å²) in [5.74, 6) is 1.74. The molecule has 112 valence electrons. The summed E-state index contributed by atoms with van der Waals surface area (Å²) in [4.78, 5) is 14.2. The molecular weight excluding hydrogens is 256 g/mol. The van der Waals surface area contributed by atoms with Gasteiger partial charge in [-0.3, -0.25) is 9.69 Å². The van der Waals surface area contributed by atoms with E-state index in [0.29, 0.717) is 36.5 Å². The van der Waals surface area contributed by atoms with Gasteiger partial charge >= 0.3 is 0 Å². The molecule has 0 saturated carbocycles. The summed E-state index contributed by atoms with van der Waals surface area (Å²) in [5.41, 5.74) is 5.85. The first-order valence-corrected chi connectivity index (χ1v) is 7.27. The Labute approximate surface area is 119 Å². The number of carbonyl (C=O) groups excluding carboxylic acids is 1. The Kier molecular flexibility index (Phi) is 5.14. The van der Waals surface area contributed by atoms with E-state index in [9.17, 15) is 4.79 Å². The quantitative estimate of drug-likeness (QED) is 0.851. The Balaban J connectivity index is 1.80. The Morgan fingerprint density at radius 3 is 3.10 bits per heavy atom. The van der Waals surface area contributed by atoms with Crippen LogP contribution in [0, 0.1) is 12.8 Å². The third-order valence-electron chi connectivity index (χ3n) is 3.99. The molecular formula is C14H24N4O2. The molecule has 2 atom stereocenters. The maximum Gasteiger partial charge on any atom is 0.226 e. The van der Waals surface area contributed by atoms with Crippen molar-refractivity contribution in [2.45, 2.75) is 39.2 Å². The lowest BCUT2D eigenvalue weighted by Crippen LogP contribution is -2.49. The van der Waals surface area contributed by atoms with E-state index in [4.69, 9.17) is 10.3 Å². The van der Waals surface area contributed by atoms with Crippen LogP contribution in [0.1, 0.15) is 31.9 Å². The average Bonchev–Trinajstić information content (AvgIpc) is 2.81. The van der Waals surface area contributed by atoms with Crippen LogP contribution in [-0.2, 0) is 4.79 Å². The lowest BCUT2D eigenvalue weighted by molar-refractivity contribution is -0.116. The molecule has 0 bridgehead atoms. The molecule has 2 rings (SSSR count). The number of carbonyl (C=O) groups is 1. The predicted molar refractivity (Wildman–Crippen MR) is 77.3 cm³/mol. The van der Waals surface area contributed by atoms with Crippen molar-refractivity contribution in [3.05, 3.63) is 11.8 Å². The number of nitrogens with two attached hydrogens (primary N) is 1. The number of aryl methyl sites for hydroxylation is 1. The second-order valence-corrected chi connectivity index (χ2v) is 5.58. The Morgan fingerprint density at radius 2 is 2.45 bits per heavy atom. The van der Waals surface area contributed by atoms with Crippen LogP contribution >= 0.6 is 0 Å². The summed E-state index contributed by atoms with van der Waals surface area (Å²) in [6.07, 6.45) is 2.86. The summed E-state index contributed by atoms with van der Waals surface area (Å²) in [6.45, 7) is 6.47. The lowest BCUT2D eigenvalue weighted by atomic mass is 9.90. The molecule has 1 aromatic heterocycles. The summed E-state index contributed by atoms with van der Waals surface area (Å²) in [5, 5.41) is 6.50. The molecule has 1 aromatic rings. The molecule has 0 spiro atoms. The maximum atomic E-state index is 11.9. The highest BCUT2D eigenvalue weighted by Crippen LogP contribution is 2.22. The largest absolute Gasteiger partial charge is 0.360 e. The topological polar surface area (TPSA) is 84.4 Å². The van der Waals surface area contributed by atoms with E-state index in [0.717, 1.165) is 13.1 Å². The SMILES string of the molecule is Cc1cc(NC(=O)CCN2CCCC(C)C2CN)no1. The molecule has 2 unspecified atom stereocenters. The maximum absolute atomic E-state index is 11.9. The minimum Gasteiger partial charge on any atom is -0.360 e. The zero-order valence-corrected chi connectivity index (χ0v) is 12.3. The Morgan fingerprint density at radius 1 is 1.65 bits per heavy atom. The van der Waals surface area contributed by atoms with E-state index in [1.54, 1.807) is 13.0 Å². The van der Waals surface area contributed by atoms with Crippen LogP contribution in [0.15, 0.2) is 10.6 Å². The summed E-state index contributed by atoms with van der Waals surface area (Å²) in [7, 11) is 0. The van der Waals surface area contributed by atoms with Gasteiger partial charge in [-0.05, 0) is 32.2 Å². The van der Waals surface area contributed by atoms with Crippen LogP contribution < -0.4 is 11.1 Å². The third-order valence-corrected chi connectivity index (χ3v) is 3.99. The molecule has 3 N–H and O–H groups in total. The first kappa shape index (κ1) is 15.0. The van der Waals surface area contributed by atoms with Crippen LogP contribution in [0.5, 0.6) is 0 Å². The molecule has 1 amide bonds. The fraction of sp³-hybridized carbons (Fsp3) is 0.714. The predicted octanol–water partition coefficient (Wildman–Crippen LogP) is 1.37. The highest BCUT2D eigenvalue weighted by atomic mass is 16.5. The fourth-order valence-electron chi connectivity index (χ4n) is 2.87. The van der Waals surface area contributed by atoms with Crippen molar-refractivity contribution in [3.63, 3.8) is 0 Å². The smallest absolute Gasteiger partial charge is 0.226 e. The molecule has 2 heterocycles. The van der Waals surface area contributed by atoms with Gasteiger partial charge < -0.3 is 15.6 Å². The van der Waals surface area contributed by atoms with Crippen molar-refractivity contribution in [2.24, 2.45) is 11.7 Å². The van der Waals surface area contributed by atoms with Gasteiger partial charge in [-0.25, -0.2) is 0 Å². The average molecular weight is 280 g/mol. The van der Waals surface area contributed by atoms with Crippen LogP contribution in [0.4, 0.5) is 5.82 Å². The number of anilines is 1. The first-order valence-electron chi connectivity index (χ1n) is 7.27. The number of nitrogens with zero attached hydrogens (tertiary/aromatic N) is 2. The molecule has 6 nitrogen and oxygen atoms in total. The van der Waals surface area contributed by atoms with Crippen LogP contribution in [0.2, 0.25) is 0 Å². The summed E-state index contributed by atoms with van der Waals surface area (Å²) >= 11 is 0. The van der Waals surface area contributed by atoms with Gasteiger partial charge in [0.1, 0.15) is 5.76 Å². The number of hydrogen-bond donors (Lipinski definition) is 2. The van der Waals surface area contributed by atoms with E-state index in [1.807, 2.05) is 0 Å². The van der Waals surface area contributed by atoms with Crippen molar-refractivity contribution in [1.29, 1.82) is 0 Å². The zero-order valence-electron chi connectivity index (χ0n) is 12.3. The molecule has 0 radical (unpaired) electrons. The molecule has 0 aliphatic carbocycles. The van der Waals surface area contributed by atoms with Crippen molar-refractivity contribution < 1.29 is 9.32 Å². The number of nitrogens with one attached hydrogen (secondary N) is 1. The van der Waals surface area contributed by atoms with E-state index in [1.165, 1.54) is 12.8 Å². The highest BCUT2D eigenvalue weighted by Gasteiger charge is 2.27. The lowest BCUT2D eigenvalue weighted by Gasteiger charge is -2.39. The van der Waals surface area contributed by atoms with Gasteiger partial charge in [0.05, 0.1) is 0 Å². The van der Waals surface area contributed by atoms with Gasteiger partial charge in [0.25, 0.3) is 0 Å². The van der Waals surface area contributed by atoms with E-state index in [-0.39, 0.29) is 5.91 Å². The number of hydrogen-bond acceptors (Lipinski definition) is 5. The number of aromatic nitrogens is 1. The molecule has 20 heavy (non-hydrogen) atoms. The normalized spacial score (nSPS) is 23.8. The van der Waals surface area contributed by atoms with Gasteiger partial charge in [-0.15, -0.1) is 0 Å². The van der Waals surface area contributed by atoms with Gasteiger partial charge in [0.2, 0.25) is 5.91 Å². The van der Waals surface area contributed by atoms with E-state index in [2.05, 4.69) is 22.3 Å². The number of likely N-dealkylation sites (tertiary alicyclic amines) is 1. The molecule has 1 aliphatic heterocycles. The van der Waals surface area contributed by atoms with Crippen molar-refractivity contribution in [3.8, 4) is 0 Å². The minimum absolute atomic E-state index is 0.0349. The van der Waals surface area contributed by atoms with Crippen LogP contribution in [0.25, 0.3) is 0 Å². The van der Waals surface area contributed by atoms with Gasteiger partial charge in [-0.2, -0.15) is 0 Å². The standard InChI is InChI=1S/C14H24N4O2/c1-10-4-3-6-18(12(10)9-15)7-5-14(19)16-13-8-11(2)20-17-13/h8,10,12H,3-7,9,15H2,1-2H3,(H,16,17,19). The Bertz CT molecular complexity index is 446. The number of piperidine rings is 1. The number of rotatable bonds is 5. The van der Waals surface area contributed by atoms with Gasteiger partial charge in [-0.1, -0.05) is 12.1 Å². The molecule has 1 saturated heterocycles. The van der Waals surface area contributed by atoms with Gasteiger partial charge in [0, 0.05) is 31.6 Å². The Hall–Kier alpha value is -1.40. The van der Waals surface area contributed by atoms with E-state index >= 15 is 0 Å².